The highest BCUT2D eigenvalue weighted by atomic mass is 35.5. The molecule has 1 saturated carbocycles. The Hall–Kier alpha value is -2.25. The summed E-state index contributed by atoms with van der Waals surface area (Å²) in [7, 11) is 0. The molecule has 152 valence electrons. The predicted molar refractivity (Wildman–Crippen MR) is 111 cm³/mol. The standard InChI is InChI=1S/C21H20ClF2N3OS/c22-18-11-25-21(29-18)26-20(28)19-14(9-13-3-1-2-4-13)7-8-27(19)12-15-5-6-16(23)10-17(15)24/h5-8,10-11,13H,1-4,9,12H2,(H,25,26,28). The van der Waals surface area contributed by atoms with Crippen molar-refractivity contribution in [3.05, 3.63) is 69.5 Å². The van der Waals surface area contributed by atoms with E-state index >= 15 is 0 Å². The predicted octanol–water partition coefficient (Wildman–Crippen LogP) is 5.91. The fourth-order valence-corrected chi connectivity index (χ4v) is 4.73. The Labute approximate surface area is 176 Å². The Morgan fingerprint density at radius 1 is 1.24 bits per heavy atom. The molecule has 0 spiro atoms. The lowest BCUT2D eigenvalue weighted by molar-refractivity contribution is 0.101. The summed E-state index contributed by atoms with van der Waals surface area (Å²) >= 11 is 7.09. The van der Waals surface area contributed by atoms with Gasteiger partial charge in [0.2, 0.25) is 0 Å². The lowest BCUT2D eigenvalue weighted by Gasteiger charge is -2.14. The van der Waals surface area contributed by atoms with Gasteiger partial charge in [-0.05, 0) is 30.0 Å². The van der Waals surface area contributed by atoms with E-state index in [4.69, 9.17) is 11.6 Å². The molecule has 0 unspecified atom stereocenters. The normalized spacial score (nSPS) is 14.4. The van der Waals surface area contributed by atoms with E-state index in [1.807, 2.05) is 6.07 Å². The number of hydrogen-bond acceptors (Lipinski definition) is 3. The molecule has 0 bridgehead atoms. The molecule has 4 rings (SSSR count). The maximum Gasteiger partial charge on any atom is 0.274 e. The average Bonchev–Trinajstić information content (AvgIpc) is 3.40. The number of anilines is 1. The molecule has 1 fully saturated rings. The number of thiazole rings is 1. The minimum atomic E-state index is -0.630. The van der Waals surface area contributed by atoms with Crippen LogP contribution in [0, 0.1) is 17.6 Å². The van der Waals surface area contributed by atoms with E-state index in [0.717, 1.165) is 30.9 Å². The Kier molecular flexibility index (Phi) is 5.96. The van der Waals surface area contributed by atoms with Crippen LogP contribution in [0.3, 0.4) is 0 Å². The summed E-state index contributed by atoms with van der Waals surface area (Å²) < 4.78 is 29.6. The first-order valence-electron chi connectivity index (χ1n) is 9.54. The van der Waals surface area contributed by atoms with Gasteiger partial charge in [-0.25, -0.2) is 13.8 Å². The van der Waals surface area contributed by atoms with Gasteiger partial charge in [0.1, 0.15) is 21.7 Å². The van der Waals surface area contributed by atoms with Gasteiger partial charge in [0.25, 0.3) is 5.91 Å². The number of hydrogen-bond donors (Lipinski definition) is 1. The van der Waals surface area contributed by atoms with Gasteiger partial charge in [0.05, 0.1) is 12.7 Å². The van der Waals surface area contributed by atoms with Crippen LogP contribution in [-0.4, -0.2) is 15.5 Å². The zero-order valence-electron chi connectivity index (χ0n) is 15.6. The molecular formula is C21H20ClF2N3OS. The van der Waals surface area contributed by atoms with E-state index < -0.39 is 11.6 Å². The number of rotatable bonds is 6. The van der Waals surface area contributed by atoms with Crippen molar-refractivity contribution in [3.8, 4) is 0 Å². The van der Waals surface area contributed by atoms with E-state index in [2.05, 4.69) is 10.3 Å². The Morgan fingerprint density at radius 3 is 2.72 bits per heavy atom. The van der Waals surface area contributed by atoms with Crippen molar-refractivity contribution in [2.24, 2.45) is 5.92 Å². The number of carbonyl (C=O) groups excluding carboxylic acids is 1. The fraction of sp³-hybridized carbons (Fsp3) is 0.333. The highest BCUT2D eigenvalue weighted by molar-refractivity contribution is 7.19. The quantitative estimate of drug-likeness (QED) is 0.523. The highest BCUT2D eigenvalue weighted by Gasteiger charge is 2.23. The first-order valence-corrected chi connectivity index (χ1v) is 10.7. The molecule has 0 saturated heterocycles. The second-order valence-corrected chi connectivity index (χ2v) is 8.99. The van der Waals surface area contributed by atoms with Gasteiger partial charge in [-0.3, -0.25) is 10.1 Å². The minimum Gasteiger partial charge on any atom is -0.339 e. The van der Waals surface area contributed by atoms with Crippen molar-refractivity contribution in [2.45, 2.75) is 38.6 Å². The molecule has 0 atom stereocenters. The van der Waals surface area contributed by atoms with Crippen LogP contribution < -0.4 is 5.32 Å². The summed E-state index contributed by atoms with van der Waals surface area (Å²) in [5.41, 5.74) is 1.73. The molecule has 4 nitrogen and oxygen atoms in total. The van der Waals surface area contributed by atoms with E-state index in [1.54, 1.807) is 10.8 Å². The van der Waals surface area contributed by atoms with Crippen LogP contribution in [0.2, 0.25) is 4.34 Å². The lowest BCUT2D eigenvalue weighted by atomic mass is 9.98. The summed E-state index contributed by atoms with van der Waals surface area (Å²) in [4.78, 5) is 17.1. The van der Waals surface area contributed by atoms with Gasteiger partial charge in [0.15, 0.2) is 5.13 Å². The van der Waals surface area contributed by atoms with E-state index in [1.165, 1.54) is 42.5 Å². The van der Waals surface area contributed by atoms with Crippen LogP contribution >= 0.6 is 22.9 Å². The van der Waals surface area contributed by atoms with Crippen molar-refractivity contribution in [1.29, 1.82) is 0 Å². The van der Waals surface area contributed by atoms with Crippen molar-refractivity contribution in [2.75, 3.05) is 5.32 Å². The van der Waals surface area contributed by atoms with Crippen LogP contribution in [0.15, 0.2) is 36.7 Å². The number of carbonyl (C=O) groups is 1. The molecule has 2 heterocycles. The average molecular weight is 436 g/mol. The first-order chi connectivity index (χ1) is 14.0. The largest absolute Gasteiger partial charge is 0.339 e. The van der Waals surface area contributed by atoms with Gasteiger partial charge in [-0.2, -0.15) is 0 Å². The Bertz CT molecular complexity index is 1030. The highest BCUT2D eigenvalue weighted by Crippen LogP contribution is 2.30. The van der Waals surface area contributed by atoms with Crippen LogP contribution in [0.4, 0.5) is 13.9 Å². The molecule has 3 aromatic rings. The third-order valence-corrected chi connectivity index (χ3v) is 6.33. The minimum absolute atomic E-state index is 0.137. The molecule has 1 N–H and O–H groups in total. The SMILES string of the molecule is O=C(Nc1ncc(Cl)s1)c1c(CC2CCCC2)ccn1Cc1ccc(F)cc1F. The summed E-state index contributed by atoms with van der Waals surface area (Å²) in [5, 5.41) is 3.20. The van der Waals surface area contributed by atoms with Crippen molar-refractivity contribution in [3.63, 3.8) is 0 Å². The van der Waals surface area contributed by atoms with Crippen LogP contribution in [0.25, 0.3) is 0 Å². The van der Waals surface area contributed by atoms with Gasteiger partial charge in [-0.15, -0.1) is 0 Å². The number of halogens is 3. The van der Waals surface area contributed by atoms with Gasteiger partial charge in [-0.1, -0.05) is 54.7 Å². The second kappa shape index (κ2) is 8.63. The Balaban J connectivity index is 1.64. The van der Waals surface area contributed by atoms with Crippen molar-refractivity contribution in [1.82, 2.24) is 9.55 Å². The molecule has 1 amide bonds. The van der Waals surface area contributed by atoms with Gasteiger partial charge < -0.3 is 4.57 Å². The lowest BCUT2D eigenvalue weighted by Crippen LogP contribution is -2.20. The van der Waals surface area contributed by atoms with Gasteiger partial charge in [0, 0.05) is 17.8 Å². The summed E-state index contributed by atoms with van der Waals surface area (Å²) in [6.07, 6.45) is 8.81. The summed E-state index contributed by atoms with van der Waals surface area (Å²) in [5.74, 6) is -1.01. The zero-order chi connectivity index (χ0) is 20.4. The molecule has 1 aliphatic carbocycles. The smallest absolute Gasteiger partial charge is 0.274 e. The molecule has 8 heteroatoms. The van der Waals surface area contributed by atoms with Gasteiger partial charge >= 0.3 is 0 Å². The molecule has 2 aromatic heterocycles. The van der Waals surface area contributed by atoms with E-state index in [0.29, 0.717) is 26.6 Å². The van der Waals surface area contributed by atoms with Crippen molar-refractivity contribution >= 4 is 34.0 Å². The number of aromatic nitrogens is 2. The first kappa shape index (κ1) is 20.0. The number of nitrogens with zero attached hydrogens (tertiary/aromatic N) is 2. The summed E-state index contributed by atoms with van der Waals surface area (Å²) in [6.45, 7) is 0.137. The van der Waals surface area contributed by atoms with Crippen LogP contribution in [-0.2, 0) is 13.0 Å². The number of benzene rings is 1. The topological polar surface area (TPSA) is 46.9 Å². The van der Waals surface area contributed by atoms with E-state index in [9.17, 15) is 13.6 Å². The fourth-order valence-electron chi connectivity index (χ4n) is 3.92. The van der Waals surface area contributed by atoms with Crippen molar-refractivity contribution < 1.29 is 13.6 Å². The molecular weight excluding hydrogens is 416 g/mol. The maximum atomic E-state index is 14.2. The second-order valence-electron chi connectivity index (χ2n) is 7.33. The monoisotopic (exact) mass is 435 g/mol. The molecule has 29 heavy (non-hydrogen) atoms. The third-order valence-electron chi connectivity index (χ3n) is 5.30. The zero-order valence-corrected chi connectivity index (χ0v) is 17.2. The third kappa shape index (κ3) is 4.67. The van der Waals surface area contributed by atoms with Crippen LogP contribution in [0.1, 0.15) is 47.3 Å². The molecule has 0 aliphatic heterocycles. The molecule has 1 aliphatic rings. The van der Waals surface area contributed by atoms with E-state index in [-0.39, 0.29) is 12.5 Å². The summed E-state index contributed by atoms with van der Waals surface area (Å²) in [6, 6.07) is 5.40. The number of amides is 1. The van der Waals surface area contributed by atoms with Crippen LogP contribution in [0.5, 0.6) is 0 Å². The Morgan fingerprint density at radius 2 is 2.03 bits per heavy atom. The molecule has 1 aromatic carbocycles. The molecule has 0 radical (unpaired) electrons. The maximum absolute atomic E-state index is 14.2. The number of nitrogens with one attached hydrogen (secondary N) is 1.